The van der Waals surface area contributed by atoms with Gasteiger partial charge in [-0.15, -0.1) is 0 Å². The zero-order valence-corrected chi connectivity index (χ0v) is 12.3. The number of nitrogens with one attached hydrogen (secondary N) is 2. The van der Waals surface area contributed by atoms with E-state index in [4.69, 9.17) is 9.26 Å². The molecule has 0 spiro atoms. The van der Waals surface area contributed by atoms with Crippen molar-refractivity contribution in [2.45, 2.75) is 6.92 Å². The molecule has 0 unspecified atom stereocenters. The highest BCUT2D eigenvalue weighted by molar-refractivity contribution is 6.03. The van der Waals surface area contributed by atoms with Crippen LogP contribution in [-0.2, 0) is 4.74 Å². The number of nitrogens with zero attached hydrogens (tertiary/aromatic N) is 2. The highest BCUT2D eigenvalue weighted by Crippen LogP contribution is 2.09. The molecule has 8 heteroatoms. The number of pyridine rings is 1. The van der Waals surface area contributed by atoms with Crippen molar-refractivity contribution in [3.05, 3.63) is 41.4 Å². The summed E-state index contributed by atoms with van der Waals surface area (Å²) in [6, 6.07) is 6.20. The largest absolute Gasteiger partial charge is 0.383 e. The predicted molar refractivity (Wildman–Crippen MR) is 77.6 cm³/mol. The first kappa shape index (κ1) is 15.6. The Balaban J connectivity index is 2.04. The zero-order chi connectivity index (χ0) is 15.9. The monoisotopic (exact) mass is 304 g/mol. The maximum absolute atomic E-state index is 12.1. The van der Waals surface area contributed by atoms with Crippen LogP contribution in [0.5, 0.6) is 0 Å². The fourth-order valence-electron chi connectivity index (χ4n) is 1.65. The average molecular weight is 304 g/mol. The highest BCUT2D eigenvalue weighted by Gasteiger charge is 2.13. The van der Waals surface area contributed by atoms with Crippen LogP contribution in [0.3, 0.4) is 0 Å². The molecule has 0 aliphatic carbocycles. The van der Waals surface area contributed by atoms with Gasteiger partial charge in [0.15, 0.2) is 5.82 Å². The van der Waals surface area contributed by atoms with Gasteiger partial charge in [0.05, 0.1) is 6.61 Å². The van der Waals surface area contributed by atoms with E-state index >= 15 is 0 Å². The number of rotatable bonds is 6. The Labute approximate surface area is 126 Å². The molecule has 0 aliphatic heterocycles. The Kier molecular flexibility index (Phi) is 5.21. The second-order valence-electron chi connectivity index (χ2n) is 4.43. The lowest BCUT2D eigenvalue weighted by Crippen LogP contribution is -2.28. The van der Waals surface area contributed by atoms with Crippen molar-refractivity contribution in [2.75, 3.05) is 25.6 Å². The Morgan fingerprint density at radius 2 is 2.00 bits per heavy atom. The van der Waals surface area contributed by atoms with Crippen LogP contribution in [0.15, 0.2) is 28.8 Å². The molecule has 0 fully saturated rings. The topological polar surface area (TPSA) is 106 Å². The van der Waals surface area contributed by atoms with E-state index in [1.54, 1.807) is 26.2 Å². The molecule has 0 aliphatic rings. The summed E-state index contributed by atoms with van der Waals surface area (Å²) in [4.78, 5) is 28.0. The van der Waals surface area contributed by atoms with Gasteiger partial charge in [-0.25, -0.2) is 4.98 Å². The molecule has 0 atom stereocenters. The molecule has 2 aromatic rings. The van der Waals surface area contributed by atoms with Gasteiger partial charge in [0, 0.05) is 19.7 Å². The number of aromatic nitrogens is 2. The number of hydrogen-bond acceptors (Lipinski definition) is 6. The molecule has 0 radical (unpaired) electrons. The van der Waals surface area contributed by atoms with E-state index in [-0.39, 0.29) is 17.3 Å². The highest BCUT2D eigenvalue weighted by atomic mass is 16.5. The van der Waals surface area contributed by atoms with Gasteiger partial charge in [-0.3, -0.25) is 9.59 Å². The summed E-state index contributed by atoms with van der Waals surface area (Å²) in [5.41, 5.74) is 0.264. The quantitative estimate of drug-likeness (QED) is 0.771. The lowest BCUT2D eigenvalue weighted by atomic mass is 10.2. The molecule has 0 bridgehead atoms. The van der Waals surface area contributed by atoms with Gasteiger partial charge < -0.3 is 19.9 Å². The molecule has 0 saturated carbocycles. The molecule has 0 aromatic carbocycles. The van der Waals surface area contributed by atoms with Crippen molar-refractivity contribution in [3.8, 4) is 0 Å². The van der Waals surface area contributed by atoms with Crippen LogP contribution in [-0.4, -0.2) is 42.2 Å². The third-order valence-electron chi connectivity index (χ3n) is 2.68. The van der Waals surface area contributed by atoms with Crippen LogP contribution < -0.4 is 10.6 Å². The second-order valence-corrected chi connectivity index (χ2v) is 4.43. The minimum absolute atomic E-state index is 0.111. The van der Waals surface area contributed by atoms with Crippen LogP contribution in [0.2, 0.25) is 0 Å². The Bertz CT molecular complexity index is 668. The van der Waals surface area contributed by atoms with Crippen LogP contribution in [0.25, 0.3) is 0 Å². The van der Waals surface area contributed by atoms with Gasteiger partial charge in [-0.05, 0) is 19.1 Å². The molecule has 2 N–H and O–H groups in total. The van der Waals surface area contributed by atoms with E-state index in [9.17, 15) is 9.59 Å². The van der Waals surface area contributed by atoms with Crippen molar-refractivity contribution >= 4 is 17.6 Å². The van der Waals surface area contributed by atoms with E-state index in [0.29, 0.717) is 24.7 Å². The molecule has 116 valence electrons. The van der Waals surface area contributed by atoms with Gasteiger partial charge in [0.1, 0.15) is 17.1 Å². The molecular formula is C14H16N4O4. The molecule has 2 rings (SSSR count). The Morgan fingerprint density at radius 3 is 2.64 bits per heavy atom. The van der Waals surface area contributed by atoms with Gasteiger partial charge in [-0.1, -0.05) is 11.2 Å². The summed E-state index contributed by atoms with van der Waals surface area (Å²) in [6.45, 7) is 2.48. The van der Waals surface area contributed by atoms with Gasteiger partial charge in [0.25, 0.3) is 11.8 Å². The number of hydrogen-bond donors (Lipinski definition) is 2. The summed E-state index contributed by atoms with van der Waals surface area (Å²) in [6.07, 6.45) is 0. The molecule has 8 nitrogen and oxygen atoms in total. The van der Waals surface area contributed by atoms with E-state index in [0.717, 1.165) is 0 Å². The Hall–Kier alpha value is -2.74. The summed E-state index contributed by atoms with van der Waals surface area (Å²) in [7, 11) is 1.54. The second kappa shape index (κ2) is 7.32. The smallest absolute Gasteiger partial charge is 0.275 e. The van der Waals surface area contributed by atoms with Crippen molar-refractivity contribution < 1.29 is 18.8 Å². The van der Waals surface area contributed by atoms with Crippen LogP contribution in [0.1, 0.15) is 26.7 Å². The van der Waals surface area contributed by atoms with Crippen LogP contribution >= 0.6 is 0 Å². The fourth-order valence-corrected chi connectivity index (χ4v) is 1.65. The summed E-state index contributed by atoms with van der Waals surface area (Å²) in [5, 5.41) is 8.83. The van der Waals surface area contributed by atoms with Crippen molar-refractivity contribution in [3.63, 3.8) is 0 Å². The van der Waals surface area contributed by atoms with E-state index in [1.165, 1.54) is 12.1 Å². The first-order valence-electron chi connectivity index (χ1n) is 6.59. The fraction of sp³-hybridized carbons (Fsp3) is 0.286. The van der Waals surface area contributed by atoms with Crippen LogP contribution in [0.4, 0.5) is 5.82 Å². The molecule has 2 amide bonds. The van der Waals surface area contributed by atoms with Gasteiger partial charge in [-0.2, -0.15) is 0 Å². The van der Waals surface area contributed by atoms with Crippen molar-refractivity contribution in [1.82, 2.24) is 15.5 Å². The maximum Gasteiger partial charge on any atom is 0.275 e. The predicted octanol–water partition coefficient (Wildman–Crippen LogP) is 1.01. The third kappa shape index (κ3) is 4.13. The molecule has 0 saturated heterocycles. The minimum atomic E-state index is -0.472. The number of ether oxygens (including phenoxy) is 1. The molecule has 2 aromatic heterocycles. The van der Waals surface area contributed by atoms with E-state index in [1.807, 2.05) is 0 Å². The lowest BCUT2D eigenvalue weighted by Gasteiger charge is -2.05. The summed E-state index contributed by atoms with van der Waals surface area (Å²) in [5.74, 6) is 0.0256. The number of amides is 2. The zero-order valence-electron chi connectivity index (χ0n) is 12.3. The number of aryl methyl sites for hydroxylation is 1. The maximum atomic E-state index is 12.1. The molecule has 2 heterocycles. The van der Waals surface area contributed by atoms with Gasteiger partial charge >= 0.3 is 0 Å². The lowest BCUT2D eigenvalue weighted by molar-refractivity contribution is 0.0932. The number of carbonyl (C=O) groups excluding carboxylic acids is 2. The summed E-state index contributed by atoms with van der Waals surface area (Å²) >= 11 is 0. The first-order chi connectivity index (χ1) is 10.6. The molecule has 22 heavy (non-hydrogen) atoms. The molecular weight excluding hydrogens is 288 g/mol. The van der Waals surface area contributed by atoms with Crippen molar-refractivity contribution in [2.24, 2.45) is 0 Å². The third-order valence-corrected chi connectivity index (χ3v) is 2.68. The normalized spacial score (nSPS) is 10.3. The Morgan fingerprint density at radius 1 is 1.27 bits per heavy atom. The van der Waals surface area contributed by atoms with Crippen molar-refractivity contribution in [1.29, 1.82) is 0 Å². The van der Waals surface area contributed by atoms with E-state index < -0.39 is 5.91 Å². The SMILES string of the molecule is COCCNC(=O)c1cccc(C(=O)Nc2cc(C)on2)n1. The number of carbonyl (C=O) groups is 2. The average Bonchev–Trinajstić information content (AvgIpc) is 2.92. The van der Waals surface area contributed by atoms with Crippen LogP contribution in [0, 0.1) is 6.92 Å². The summed E-state index contributed by atoms with van der Waals surface area (Å²) < 4.78 is 9.70. The van der Waals surface area contributed by atoms with Gasteiger partial charge in [0.2, 0.25) is 0 Å². The minimum Gasteiger partial charge on any atom is -0.383 e. The van der Waals surface area contributed by atoms with E-state index in [2.05, 4.69) is 20.8 Å². The number of anilines is 1. The number of methoxy groups -OCH3 is 1. The first-order valence-corrected chi connectivity index (χ1v) is 6.59. The standard InChI is InChI=1S/C14H16N4O4/c1-9-8-12(18-22-9)17-14(20)11-5-3-4-10(16-11)13(19)15-6-7-21-2/h3-5,8H,6-7H2,1-2H3,(H,15,19)(H,17,18,20).